The molecule has 0 aliphatic heterocycles. The van der Waals surface area contributed by atoms with Crippen molar-refractivity contribution in [3.63, 3.8) is 0 Å². The predicted octanol–water partition coefficient (Wildman–Crippen LogP) is 3.52. The van der Waals surface area contributed by atoms with Gasteiger partial charge in [0, 0.05) is 10.5 Å². The van der Waals surface area contributed by atoms with Crippen LogP contribution in [0.4, 0.5) is 0 Å². The van der Waals surface area contributed by atoms with Gasteiger partial charge in [-0.05, 0) is 37.5 Å². The van der Waals surface area contributed by atoms with E-state index in [0.717, 1.165) is 23.7 Å². The number of nitriles is 1. The quantitative estimate of drug-likeness (QED) is 0.903. The lowest BCUT2D eigenvalue weighted by atomic mass is 10.1. The van der Waals surface area contributed by atoms with Crippen LogP contribution in [0.5, 0.6) is 0 Å². The van der Waals surface area contributed by atoms with Crippen molar-refractivity contribution in [2.24, 2.45) is 5.92 Å². The van der Waals surface area contributed by atoms with Crippen LogP contribution in [0.25, 0.3) is 0 Å². The first kappa shape index (κ1) is 13.4. The van der Waals surface area contributed by atoms with Gasteiger partial charge in [0.15, 0.2) is 0 Å². The summed E-state index contributed by atoms with van der Waals surface area (Å²) in [5.41, 5.74) is 0.439. The van der Waals surface area contributed by atoms with Crippen molar-refractivity contribution in [2.75, 3.05) is 0 Å². The summed E-state index contributed by atoms with van der Waals surface area (Å²) < 4.78 is 0.806. The van der Waals surface area contributed by atoms with Gasteiger partial charge in [0.25, 0.3) is 5.91 Å². The third-order valence-electron chi connectivity index (χ3n) is 3.17. The van der Waals surface area contributed by atoms with Crippen molar-refractivity contribution in [3.05, 3.63) is 33.3 Å². The Bertz CT molecular complexity index is 512. The summed E-state index contributed by atoms with van der Waals surface area (Å²) in [5, 5.41) is 12.3. The monoisotopic (exact) mass is 326 g/mol. The lowest BCUT2D eigenvalue weighted by Crippen LogP contribution is -2.37. The molecule has 1 aliphatic rings. The Morgan fingerprint density at radius 2 is 2.28 bits per heavy atom. The summed E-state index contributed by atoms with van der Waals surface area (Å²) in [6.45, 7) is 0. The molecular weight excluding hydrogens is 316 g/mol. The molecule has 1 aromatic rings. The van der Waals surface area contributed by atoms with Crippen molar-refractivity contribution >= 4 is 33.4 Å². The summed E-state index contributed by atoms with van der Waals surface area (Å²) in [5.74, 6) is -0.298. The molecule has 2 rings (SSSR count). The zero-order valence-electron chi connectivity index (χ0n) is 9.62. The van der Waals surface area contributed by atoms with Gasteiger partial charge in [0.1, 0.15) is 0 Å². The highest BCUT2D eigenvalue weighted by Gasteiger charge is 2.29. The lowest BCUT2D eigenvalue weighted by molar-refractivity contribution is 0.0933. The molecule has 1 aliphatic carbocycles. The Balaban J connectivity index is 2.13. The van der Waals surface area contributed by atoms with E-state index in [0.29, 0.717) is 10.6 Å². The summed E-state index contributed by atoms with van der Waals surface area (Å²) in [6, 6.07) is 7.33. The van der Waals surface area contributed by atoms with E-state index >= 15 is 0 Å². The Kier molecular flexibility index (Phi) is 4.26. The molecule has 18 heavy (non-hydrogen) atoms. The summed E-state index contributed by atoms with van der Waals surface area (Å²) >= 11 is 9.31. The number of amides is 1. The van der Waals surface area contributed by atoms with Crippen LogP contribution in [0.1, 0.15) is 29.6 Å². The summed E-state index contributed by atoms with van der Waals surface area (Å²) in [4.78, 5) is 12.1. The highest BCUT2D eigenvalue weighted by Crippen LogP contribution is 2.26. The van der Waals surface area contributed by atoms with Crippen LogP contribution in [0.3, 0.4) is 0 Å². The molecule has 3 nitrogen and oxygen atoms in total. The molecule has 0 spiro atoms. The zero-order chi connectivity index (χ0) is 13.1. The van der Waals surface area contributed by atoms with Gasteiger partial charge in [-0.15, -0.1) is 0 Å². The van der Waals surface area contributed by atoms with Gasteiger partial charge >= 0.3 is 0 Å². The number of rotatable bonds is 2. The fraction of sp³-hybridized carbons (Fsp3) is 0.385. The molecule has 1 fully saturated rings. The Morgan fingerprint density at radius 1 is 1.50 bits per heavy atom. The van der Waals surface area contributed by atoms with Gasteiger partial charge < -0.3 is 5.32 Å². The average molecular weight is 328 g/mol. The minimum Gasteiger partial charge on any atom is -0.348 e. The molecule has 1 N–H and O–H groups in total. The minimum absolute atomic E-state index is 0.0578. The number of carbonyl (C=O) groups excluding carboxylic acids is 1. The highest BCUT2D eigenvalue weighted by molar-refractivity contribution is 9.10. The highest BCUT2D eigenvalue weighted by atomic mass is 79.9. The minimum atomic E-state index is -0.214. The second kappa shape index (κ2) is 5.73. The second-order valence-corrected chi connectivity index (χ2v) is 5.69. The molecule has 1 saturated carbocycles. The SMILES string of the molecule is N#CC1CCCC1NC(=O)c1cc(Br)ccc1Cl. The van der Waals surface area contributed by atoms with E-state index in [9.17, 15) is 4.79 Å². The number of benzene rings is 1. The van der Waals surface area contributed by atoms with Gasteiger partial charge in [0.05, 0.1) is 22.6 Å². The number of nitrogens with zero attached hydrogens (tertiary/aromatic N) is 1. The molecule has 2 unspecified atom stereocenters. The maximum absolute atomic E-state index is 12.1. The maximum atomic E-state index is 12.1. The van der Waals surface area contributed by atoms with Crippen LogP contribution in [0, 0.1) is 17.2 Å². The molecule has 1 aromatic carbocycles. The maximum Gasteiger partial charge on any atom is 0.253 e. The summed E-state index contributed by atoms with van der Waals surface area (Å²) in [6.07, 6.45) is 2.69. The molecule has 5 heteroatoms. The van der Waals surface area contributed by atoms with Crippen molar-refractivity contribution in [1.29, 1.82) is 5.26 Å². The van der Waals surface area contributed by atoms with E-state index in [1.54, 1.807) is 18.2 Å². The normalized spacial score (nSPS) is 22.5. The van der Waals surface area contributed by atoms with Crippen LogP contribution in [-0.2, 0) is 0 Å². The van der Waals surface area contributed by atoms with Gasteiger partial charge in [-0.2, -0.15) is 5.26 Å². The van der Waals surface area contributed by atoms with E-state index in [-0.39, 0.29) is 17.9 Å². The van der Waals surface area contributed by atoms with Gasteiger partial charge in [-0.25, -0.2) is 0 Å². The molecule has 0 bridgehead atoms. The Hall–Kier alpha value is -1.05. The van der Waals surface area contributed by atoms with Crippen molar-refractivity contribution < 1.29 is 4.79 Å². The molecule has 0 saturated heterocycles. The first-order valence-electron chi connectivity index (χ1n) is 5.77. The first-order valence-corrected chi connectivity index (χ1v) is 6.94. The van der Waals surface area contributed by atoms with Gasteiger partial charge in [0.2, 0.25) is 0 Å². The molecule has 2 atom stereocenters. The Labute approximate surface area is 119 Å². The van der Waals surface area contributed by atoms with Crippen LogP contribution < -0.4 is 5.32 Å². The van der Waals surface area contributed by atoms with Crippen molar-refractivity contribution in [3.8, 4) is 6.07 Å². The third kappa shape index (κ3) is 2.85. The molecule has 1 amide bonds. The Morgan fingerprint density at radius 3 is 3.00 bits per heavy atom. The van der Waals surface area contributed by atoms with E-state index in [4.69, 9.17) is 16.9 Å². The van der Waals surface area contributed by atoms with Crippen LogP contribution in [0.2, 0.25) is 5.02 Å². The fourth-order valence-electron chi connectivity index (χ4n) is 2.20. The third-order valence-corrected chi connectivity index (χ3v) is 3.99. The van der Waals surface area contributed by atoms with Gasteiger partial charge in [-0.1, -0.05) is 27.5 Å². The zero-order valence-corrected chi connectivity index (χ0v) is 12.0. The predicted molar refractivity (Wildman–Crippen MR) is 73.4 cm³/mol. The first-order chi connectivity index (χ1) is 8.61. The standard InChI is InChI=1S/C13H12BrClN2O/c14-9-4-5-11(15)10(6-9)13(18)17-12-3-1-2-8(12)7-16/h4-6,8,12H,1-3H2,(H,17,18). The largest absolute Gasteiger partial charge is 0.348 e. The number of carbonyl (C=O) groups is 1. The average Bonchev–Trinajstić information content (AvgIpc) is 2.79. The summed E-state index contributed by atoms with van der Waals surface area (Å²) in [7, 11) is 0. The van der Waals surface area contributed by atoms with Crippen molar-refractivity contribution in [1.82, 2.24) is 5.32 Å². The van der Waals surface area contributed by atoms with Crippen molar-refractivity contribution in [2.45, 2.75) is 25.3 Å². The number of hydrogen-bond donors (Lipinski definition) is 1. The van der Waals surface area contributed by atoms with E-state index < -0.39 is 0 Å². The van der Waals surface area contributed by atoms with Crippen LogP contribution >= 0.6 is 27.5 Å². The fourth-order valence-corrected chi connectivity index (χ4v) is 2.77. The van der Waals surface area contributed by atoms with E-state index in [1.807, 2.05) is 0 Å². The van der Waals surface area contributed by atoms with Gasteiger partial charge in [-0.3, -0.25) is 4.79 Å². The topological polar surface area (TPSA) is 52.9 Å². The number of hydrogen-bond acceptors (Lipinski definition) is 2. The van der Waals surface area contributed by atoms with E-state index in [2.05, 4.69) is 27.3 Å². The molecular formula is C13H12BrClN2O. The van der Waals surface area contributed by atoms with Crippen LogP contribution in [-0.4, -0.2) is 11.9 Å². The van der Waals surface area contributed by atoms with Crippen LogP contribution in [0.15, 0.2) is 22.7 Å². The number of nitrogens with one attached hydrogen (secondary N) is 1. The molecule has 94 valence electrons. The smallest absolute Gasteiger partial charge is 0.253 e. The molecule has 0 radical (unpaired) electrons. The number of halogens is 2. The molecule has 0 heterocycles. The van der Waals surface area contributed by atoms with E-state index in [1.165, 1.54) is 0 Å². The lowest BCUT2D eigenvalue weighted by Gasteiger charge is -2.16. The molecule has 0 aromatic heterocycles. The second-order valence-electron chi connectivity index (χ2n) is 4.37.